The number of nitrogens with one attached hydrogen (secondary N) is 1. The maximum atomic E-state index is 11.3. The molecule has 0 aliphatic rings. The molecule has 2 heteroatoms. The molecule has 0 bridgehead atoms. The van der Waals surface area contributed by atoms with Crippen LogP contribution in [0.5, 0.6) is 0 Å². The van der Waals surface area contributed by atoms with Gasteiger partial charge in [-0.1, -0.05) is 20.3 Å². The van der Waals surface area contributed by atoms with Crippen molar-refractivity contribution in [1.82, 2.24) is 5.32 Å². The minimum absolute atomic E-state index is 0.129. The first kappa shape index (κ1) is 12.0. The molecular weight excluding hydrogens is 162 g/mol. The van der Waals surface area contributed by atoms with Crippen molar-refractivity contribution in [2.24, 2.45) is 0 Å². The zero-order chi connectivity index (χ0) is 10.1. The summed E-state index contributed by atoms with van der Waals surface area (Å²) in [5.41, 5.74) is 0. The molecule has 0 aromatic rings. The third-order valence-electron chi connectivity index (χ3n) is 1.98. The summed E-state index contributed by atoms with van der Waals surface area (Å²) in [7, 11) is 0. The third-order valence-corrected chi connectivity index (χ3v) is 1.98. The van der Waals surface area contributed by atoms with Gasteiger partial charge in [0.1, 0.15) is 0 Å². The van der Waals surface area contributed by atoms with Gasteiger partial charge in [-0.05, 0) is 12.8 Å². The monoisotopic (exact) mass is 181 g/mol. The Labute approximate surface area is 81.1 Å². The highest BCUT2D eigenvalue weighted by atomic mass is 16.1. The van der Waals surface area contributed by atoms with E-state index in [9.17, 15) is 4.79 Å². The Balaban J connectivity index is 3.67. The van der Waals surface area contributed by atoms with Crippen LogP contribution in [0.1, 0.15) is 46.0 Å². The molecule has 1 atom stereocenters. The highest BCUT2D eigenvalue weighted by Gasteiger charge is 2.07. The number of carbonyl (C=O) groups is 1. The molecule has 13 heavy (non-hydrogen) atoms. The second-order valence-electron chi connectivity index (χ2n) is 3.18. The van der Waals surface area contributed by atoms with Gasteiger partial charge in [-0.2, -0.15) is 0 Å². The van der Waals surface area contributed by atoms with Crippen LogP contribution in [0.15, 0.2) is 0 Å². The molecule has 0 heterocycles. The van der Waals surface area contributed by atoms with Crippen LogP contribution in [0.2, 0.25) is 0 Å². The fraction of sp³-hybridized carbons (Fsp3) is 0.727. The molecule has 0 aromatic heterocycles. The summed E-state index contributed by atoms with van der Waals surface area (Å²) in [5.74, 6) is 2.69. The van der Waals surface area contributed by atoms with E-state index >= 15 is 0 Å². The number of terminal acetylenes is 1. The van der Waals surface area contributed by atoms with Crippen molar-refractivity contribution in [3.63, 3.8) is 0 Å². The van der Waals surface area contributed by atoms with E-state index in [0.29, 0.717) is 12.8 Å². The molecule has 0 aliphatic carbocycles. The quantitative estimate of drug-likeness (QED) is 0.625. The topological polar surface area (TPSA) is 29.1 Å². The summed E-state index contributed by atoms with van der Waals surface area (Å²) in [5, 5.41) is 2.92. The molecule has 0 spiro atoms. The lowest BCUT2D eigenvalue weighted by Gasteiger charge is -2.13. The minimum Gasteiger partial charge on any atom is -0.352 e. The predicted octanol–water partition coefficient (Wildman–Crippen LogP) is 2.09. The van der Waals surface area contributed by atoms with E-state index in [1.807, 2.05) is 6.92 Å². The Hall–Kier alpha value is -0.970. The second-order valence-corrected chi connectivity index (χ2v) is 3.18. The van der Waals surface area contributed by atoms with Gasteiger partial charge in [0.2, 0.25) is 5.91 Å². The molecule has 1 amide bonds. The van der Waals surface area contributed by atoms with Crippen LogP contribution in [0.25, 0.3) is 0 Å². The Kier molecular flexibility index (Phi) is 7.10. The third kappa shape index (κ3) is 6.21. The number of amides is 1. The molecule has 1 N–H and O–H groups in total. The average molecular weight is 181 g/mol. The molecule has 74 valence electrons. The van der Waals surface area contributed by atoms with Crippen LogP contribution in [0.4, 0.5) is 0 Å². The summed E-state index contributed by atoms with van der Waals surface area (Å²) in [6, 6.07) is 0.161. The molecule has 0 rings (SSSR count). The second kappa shape index (κ2) is 7.67. The highest BCUT2D eigenvalue weighted by Crippen LogP contribution is 1.99. The fourth-order valence-electron chi connectivity index (χ4n) is 1.08. The molecule has 0 fully saturated rings. The summed E-state index contributed by atoms with van der Waals surface area (Å²) in [6.07, 6.45) is 9.35. The lowest BCUT2D eigenvalue weighted by atomic mass is 10.1. The van der Waals surface area contributed by atoms with Crippen LogP contribution in [0, 0.1) is 12.3 Å². The molecule has 2 nitrogen and oxygen atoms in total. The first-order valence-electron chi connectivity index (χ1n) is 4.97. The molecule has 0 saturated heterocycles. The summed E-state index contributed by atoms with van der Waals surface area (Å²) in [4.78, 5) is 11.3. The summed E-state index contributed by atoms with van der Waals surface area (Å²) < 4.78 is 0. The van der Waals surface area contributed by atoms with E-state index in [2.05, 4.69) is 18.2 Å². The van der Waals surface area contributed by atoms with Crippen molar-refractivity contribution >= 4 is 5.91 Å². The van der Waals surface area contributed by atoms with Crippen molar-refractivity contribution in [2.45, 2.75) is 52.0 Å². The first-order valence-corrected chi connectivity index (χ1v) is 4.97. The van der Waals surface area contributed by atoms with E-state index in [4.69, 9.17) is 6.42 Å². The SMILES string of the molecule is C#CCC(CC)NC(=O)CCCC. The predicted molar refractivity (Wildman–Crippen MR) is 55.2 cm³/mol. The van der Waals surface area contributed by atoms with E-state index in [0.717, 1.165) is 19.3 Å². The van der Waals surface area contributed by atoms with E-state index < -0.39 is 0 Å². The number of unbranched alkanes of at least 4 members (excludes halogenated alkanes) is 1. The Bertz CT molecular complexity index is 181. The van der Waals surface area contributed by atoms with Gasteiger partial charge in [-0.25, -0.2) is 0 Å². The van der Waals surface area contributed by atoms with Crippen LogP contribution >= 0.6 is 0 Å². The van der Waals surface area contributed by atoms with Crippen molar-refractivity contribution in [2.75, 3.05) is 0 Å². The average Bonchev–Trinajstić information content (AvgIpc) is 2.14. The Morgan fingerprint density at radius 3 is 2.69 bits per heavy atom. The Morgan fingerprint density at radius 2 is 2.23 bits per heavy atom. The zero-order valence-corrected chi connectivity index (χ0v) is 8.60. The number of hydrogen-bond donors (Lipinski definition) is 1. The molecule has 0 saturated carbocycles. The van der Waals surface area contributed by atoms with Gasteiger partial charge in [0.15, 0.2) is 0 Å². The van der Waals surface area contributed by atoms with Gasteiger partial charge in [-0.15, -0.1) is 12.3 Å². The van der Waals surface area contributed by atoms with E-state index in [-0.39, 0.29) is 11.9 Å². The molecular formula is C11H19NO. The number of hydrogen-bond acceptors (Lipinski definition) is 1. The maximum Gasteiger partial charge on any atom is 0.220 e. The van der Waals surface area contributed by atoms with Crippen LogP contribution in [-0.2, 0) is 4.79 Å². The molecule has 0 radical (unpaired) electrons. The normalized spacial score (nSPS) is 11.8. The largest absolute Gasteiger partial charge is 0.352 e. The van der Waals surface area contributed by atoms with Gasteiger partial charge in [0, 0.05) is 18.9 Å². The number of rotatable bonds is 6. The van der Waals surface area contributed by atoms with Crippen LogP contribution in [-0.4, -0.2) is 11.9 Å². The van der Waals surface area contributed by atoms with E-state index in [1.165, 1.54) is 0 Å². The van der Waals surface area contributed by atoms with Gasteiger partial charge in [-0.3, -0.25) is 4.79 Å². The summed E-state index contributed by atoms with van der Waals surface area (Å²) in [6.45, 7) is 4.11. The fourth-order valence-corrected chi connectivity index (χ4v) is 1.08. The maximum absolute atomic E-state index is 11.3. The molecule has 1 unspecified atom stereocenters. The minimum atomic E-state index is 0.129. The highest BCUT2D eigenvalue weighted by molar-refractivity contribution is 5.76. The van der Waals surface area contributed by atoms with E-state index in [1.54, 1.807) is 0 Å². The van der Waals surface area contributed by atoms with Gasteiger partial charge in [0.05, 0.1) is 0 Å². The van der Waals surface area contributed by atoms with Gasteiger partial charge >= 0.3 is 0 Å². The smallest absolute Gasteiger partial charge is 0.220 e. The first-order chi connectivity index (χ1) is 6.24. The van der Waals surface area contributed by atoms with Crippen molar-refractivity contribution in [3.05, 3.63) is 0 Å². The Morgan fingerprint density at radius 1 is 1.54 bits per heavy atom. The van der Waals surface area contributed by atoms with Crippen LogP contribution in [0.3, 0.4) is 0 Å². The summed E-state index contributed by atoms with van der Waals surface area (Å²) >= 11 is 0. The lowest BCUT2D eigenvalue weighted by Crippen LogP contribution is -2.33. The van der Waals surface area contributed by atoms with Crippen molar-refractivity contribution < 1.29 is 4.79 Å². The standard InChI is InChI=1S/C11H19NO/c1-4-7-9-11(13)12-10(6-3)8-5-2/h2,10H,4,6-9H2,1,3H3,(H,12,13). The van der Waals surface area contributed by atoms with Gasteiger partial charge < -0.3 is 5.32 Å². The van der Waals surface area contributed by atoms with Gasteiger partial charge in [0.25, 0.3) is 0 Å². The molecule has 0 aliphatic heterocycles. The lowest BCUT2D eigenvalue weighted by molar-refractivity contribution is -0.121. The number of carbonyl (C=O) groups excluding carboxylic acids is 1. The van der Waals surface area contributed by atoms with Crippen LogP contribution < -0.4 is 5.32 Å². The molecule has 0 aromatic carbocycles. The van der Waals surface area contributed by atoms with Crippen molar-refractivity contribution in [1.29, 1.82) is 0 Å². The van der Waals surface area contributed by atoms with Crippen molar-refractivity contribution in [3.8, 4) is 12.3 Å². The zero-order valence-electron chi connectivity index (χ0n) is 8.60.